The van der Waals surface area contributed by atoms with Gasteiger partial charge >= 0.3 is 0 Å². The monoisotopic (exact) mass is 270 g/mol. The minimum Gasteiger partial charge on any atom is -0.392 e. The van der Waals surface area contributed by atoms with Gasteiger partial charge in [-0.15, -0.1) is 0 Å². The van der Waals surface area contributed by atoms with Crippen molar-refractivity contribution in [1.82, 2.24) is 10.3 Å². The van der Waals surface area contributed by atoms with Gasteiger partial charge in [0.2, 0.25) is 0 Å². The number of aromatic nitrogens is 1. The lowest BCUT2D eigenvalue weighted by molar-refractivity contribution is -0.0690. The largest absolute Gasteiger partial charge is 0.392 e. The average molecular weight is 270 g/mol. The van der Waals surface area contributed by atoms with Crippen LogP contribution in [0.2, 0.25) is 0 Å². The van der Waals surface area contributed by atoms with Crippen molar-refractivity contribution in [3.63, 3.8) is 0 Å². The van der Waals surface area contributed by atoms with Gasteiger partial charge in [-0.25, -0.2) is 4.98 Å². The highest BCUT2D eigenvalue weighted by atomic mass is 16.3. The van der Waals surface area contributed by atoms with E-state index in [0.29, 0.717) is 12.1 Å². The second-order valence-corrected chi connectivity index (χ2v) is 5.99. The van der Waals surface area contributed by atoms with Crippen LogP contribution >= 0.6 is 0 Å². The van der Waals surface area contributed by atoms with E-state index >= 15 is 0 Å². The fraction of sp³-hybridized carbons (Fsp3) is 0.375. The number of hydrogen-bond donors (Lipinski definition) is 2. The summed E-state index contributed by atoms with van der Waals surface area (Å²) in [5.74, 6) is -0.180. The summed E-state index contributed by atoms with van der Waals surface area (Å²) in [7, 11) is 0. The third-order valence-corrected chi connectivity index (χ3v) is 4.35. The van der Waals surface area contributed by atoms with Crippen molar-refractivity contribution in [2.24, 2.45) is 5.41 Å². The summed E-state index contributed by atoms with van der Waals surface area (Å²) in [6, 6.07) is 11.3. The van der Waals surface area contributed by atoms with Crippen molar-refractivity contribution in [1.29, 1.82) is 0 Å². The van der Waals surface area contributed by atoms with Gasteiger partial charge in [-0.3, -0.25) is 4.79 Å². The average Bonchev–Trinajstić information content (AvgIpc) is 2.46. The van der Waals surface area contributed by atoms with Crippen molar-refractivity contribution in [2.45, 2.75) is 32.4 Å². The number of carbonyl (C=O) groups excluding carboxylic acids is 1. The summed E-state index contributed by atoms with van der Waals surface area (Å²) >= 11 is 0. The van der Waals surface area contributed by atoms with Gasteiger partial charge in [-0.1, -0.05) is 38.1 Å². The van der Waals surface area contributed by atoms with E-state index in [1.54, 1.807) is 6.07 Å². The molecule has 2 atom stereocenters. The zero-order valence-electron chi connectivity index (χ0n) is 11.6. The molecular formula is C16H18N2O2. The SMILES string of the molecule is CC1(C)C(O)CC1NC(=O)c1ccc2ccccc2n1. The molecule has 0 saturated heterocycles. The van der Waals surface area contributed by atoms with Crippen LogP contribution in [0.5, 0.6) is 0 Å². The minimum absolute atomic E-state index is 0.00160. The van der Waals surface area contributed by atoms with Crippen molar-refractivity contribution in [3.05, 3.63) is 42.1 Å². The van der Waals surface area contributed by atoms with E-state index in [-0.39, 0.29) is 23.5 Å². The number of nitrogens with zero attached hydrogens (tertiary/aromatic N) is 1. The van der Waals surface area contributed by atoms with E-state index in [9.17, 15) is 9.90 Å². The van der Waals surface area contributed by atoms with Gasteiger partial charge < -0.3 is 10.4 Å². The fourth-order valence-corrected chi connectivity index (χ4v) is 2.57. The zero-order valence-corrected chi connectivity index (χ0v) is 11.6. The standard InChI is InChI=1S/C16H18N2O2/c1-16(2)13(9-14(16)19)18-15(20)12-8-7-10-5-3-4-6-11(10)17-12/h3-8,13-14,19H,9H2,1-2H3,(H,18,20). The van der Waals surface area contributed by atoms with Crippen LogP contribution < -0.4 is 5.32 Å². The van der Waals surface area contributed by atoms with Crippen LogP contribution in [-0.4, -0.2) is 28.1 Å². The van der Waals surface area contributed by atoms with E-state index in [0.717, 1.165) is 10.9 Å². The Morgan fingerprint density at radius 3 is 2.75 bits per heavy atom. The second-order valence-electron chi connectivity index (χ2n) is 5.99. The molecule has 0 bridgehead atoms. The normalized spacial score (nSPS) is 24.1. The molecule has 1 fully saturated rings. The molecule has 104 valence electrons. The van der Waals surface area contributed by atoms with Crippen LogP contribution in [0.4, 0.5) is 0 Å². The van der Waals surface area contributed by atoms with Gasteiger partial charge in [-0.2, -0.15) is 0 Å². The number of nitrogens with one attached hydrogen (secondary N) is 1. The first-order chi connectivity index (χ1) is 9.48. The number of benzene rings is 1. The van der Waals surface area contributed by atoms with Crippen molar-refractivity contribution in [2.75, 3.05) is 0 Å². The van der Waals surface area contributed by atoms with Gasteiger partial charge in [0.15, 0.2) is 0 Å². The molecule has 1 amide bonds. The highest BCUT2D eigenvalue weighted by Gasteiger charge is 2.48. The molecule has 0 aliphatic heterocycles. The maximum Gasteiger partial charge on any atom is 0.270 e. The number of hydrogen-bond acceptors (Lipinski definition) is 3. The van der Waals surface area contributed by atoms with Gasteiger partial charge in [0.05, 0.1) is 11.6 Å². The predicted molar refractivity (Wildman–Crippen MR) is 77.4 cm³/mol. The van der Waals surface area contributed by atoms with Gasteiger partial charge in [0.25, 0.3) is 5.91 Å². The topological polar surface area (TPSA) is 62.2 Å². The molecule has 2 aromatic rings. The number of carbonyl (C=O) groups is 1. The quantitative estimate of drug-likeness (QED) is 0.878. The Labute approximate surface area is 117 Å². The van der Waals surface area contributed by atoms with E-state index < -0.39 is 0 Å². The fourth-order valence-electron chi connectivity index (χ4n) is 2.57. The highest BCUT2D eigenvalue weighted by Crippen LogP contribution is 2.40. The predicted octanol–water partition coefficient (Wildman–Crippen LogP) is 2.12. The second kappa shape index (κ2) is 4.56. The van der Waals surface area contributed by atoms with Crippen molar-refractivity contribution < 1.29 is 9.90 Å². The van der Waals surface area contributed by atoms with Crippen LogP contribution in [0.3, 0.4) is 0 Å². The molecule has 0 radical (unpaired) electrons. The van der Waals surface area contributed by atoms with Crippen molar-refractivity contribution in [3.8, 4) is 0 Å². The maximum absolute atomic E-state index is 12.2. The zero-order chi connectivity index (χ0) is 14.3. The first kappa shape index (κ1) is 13.1. The Hall–Kier alpha value is -1.94. The first-order valence-electron chi connectivity index (χ1n) is 6.83. The third kappa shape index (κ3) is 2.06. The summed E-state index contributed by atoms with van der Waals surface area (Å²) in [4.78, 5) is 16.6. The lowest BCUT2D eigenvalue weighted by Crippen LogP contribution is -2.61. The van der Waals surface area contributed by atoms with Crippen LogP contribution in [0.15, 0.2) is 36.4 Å². The van der Waals surface area contributed by atoms with E-state index in [1.165, 1.54) is 0 Å². The summed E-state index contributed by atoms with van der Waals surface area (Å²) in [5.41, 5.74) is 0.959. The Morgan fingerprint density at radius 2 is 2.05 bits per heavy atom. The summed E-state index contributed by atoms with van der Waals surface area (Å²) < 4.78 is 0. The van der Waals surface area contributed by atoms with E-state index in [2.05, 4.69) is 10.3 Å². The van der Waals surface area contributed by atoms with E-state index in [4.69, 9.17) is 0 Å². The molecule has 0 spiro atoms. The van der Waals surface area contributed by atoms with Crippen LogP contribution in [0.1, 0.15) is 30.8 Å². The smallest absolute Gasteiger partial charge is 0.270 e. The van der Waals surface area contributed by atoms with Gasteiger partial charge in [-0.05, 0) is 18.6 Å². The summed E-state index contributed by atoms with van der Waals surface area (Å²) in [6.45, 7) is 3.92. The number of aliphatic hydroxyl groups is 1. The lowest BCUT2D eigenvalue weighted by atomic mass is 9.64. The van der Waals surface area contributed by atoms with Crippen LogP contribution in [0.25, 0.3) is 10.9 Å². The summed E-state index contributed by atoms with van der Waals surface area (Å²) in [6.07, 6.45) is 0.254. The van der Waals surface area contributed by atoms with Crippen LogP contribution in [-0.2, 0) is 0 Å². The molecule has 2 unspecified atom stereocenters. The minimum atomic E-state index is -0.350. The molecule has 1 aromatic heterocycles. The molecule has 2 N–H and O–H groups in total. The van der Waals surface area contributed by atoms with Crippen LogP contribution in [0, 0.1) is 5.41 Å². The van der Waals surface area contributed by atoms with E-state index in [1.807, 2.05) is 44.2 Å². The molecule has 4 heteroatoms. The molecular weight excluding hydrogens is 252 g/mol. The Balaban J connectivity index is 1.79. The van der Waals surface area contributed by atoms with Gasteiger partial charge in [0.1, 0.15) is 5.69 Å². The number of pyridine rings is 1. The van der Waals surface area contributed by atoms with Gasteiger partial charge in [0, 0.05) is 16.8 Å². The first-order valence-corrected chi connectivity index (χ1v) is 6.83. The number of aliphatic hydroxyl groups excluding tert-OH is 1. The molecule has 1 aliphatic carbocycles. The number of para-hydroxylation sites is 1. The molecule has 3 rings (SSSR count). The van der Waals surface area contributed by atoms with Crippen molar-refractivity contribution >= 4 is 16.8 Å². The maximum atomic E-state index is 12.2. The molecule has 1 saturated carbocycles. The Kier molecular flexibility index (Phi) is 2.98. The Morgan fingerprint density at radius 1 is 1.30 bits per heavy atom. The molecule has 1 heterocycles. The Bertz CT molecular complexity index is 666. The molecule has 1 aromatic carbocycles. The molecule has 1 aliphatic rings. The number of rotatable bonds is 2. The molecule has 4 nitrogen and oxygen atoms in total. The number of amides is 1. The highest BCUT2D eigenvalue weighted by molar-refractivity contribution is 5.95. The number of fused-ring (bicyclic) bond motifs is 1. The lowest BCUT2D eigenvalue weighted by Gasteiger charge is -2.49. The third-order valence-electron chi connectivity index (χ3n) is 4.35. The molecule has 20 heavy (non-hydrogen) atoms. The summed E-state index contributed by atoms with van der Waals surface area (Å²) in [5, 5.41) is 13.7.